The quantitative estimate of drug-likeness (QED) is 0.233. The predicted octanol–water partition coefficient (Wildman–Crippen LogP) is 5.49. The van der Waals surface area contributed by atoms with E-state index in [1.54, 1.807) is 24.5 Å². The molecule has 1 atom stereocenters. The molecule has 2 aliphatic rings. The summed E-state index contributed by atoms with van der Waals surface area (Å²) in [6.07, 6.45) is 1.94. The number of hydrogen-bond donors (Lipinski definition) is 0. The number of carbonyl (C=O) groups excluding carboxylic acids is 1. The Labute approximate surface area is 261 Å². The van der Waals surface area contributed by atoms with Crippen molar-refractivity contribution in [3.05, 3.63) is 125 Å². The van der Waals surface area contributed by atoms with Crippen LogP contribution < -0.4 is 24.4 Å². The molecule has 4 heterocycles. The zero-order valence-corrected chi connectivity index (χ0v) is 25.9. The number of para-hydroxylation sites is 1. The first-order chi connectivity index (χ1) is 21.4. The summed E-state index contributed by atoms with van der Waals surface area (Å²) in [6.45, 7) is 6.49. The van der Waals surface area contributed by atoms with Crippen LogP contribution in [0.25, 0.3) is 17.0 Å². The van der Waals surface area contributed by atoms with Gasteiger partial charge in [0, 0.05) is 33.7 Å². The molecule has 3 aromatic carbocycles. The van der Waals surface area contributed by atoms with E-state index >= 15 is 0 Å². The van der Waals surface area contributed by atoms with Crippen molar-refractivity contribution >= 4 is 45.9 Å². The van der Waals surface area contributed by atoms with Gasteiger partial charge in [-0.15, -0.1) is 0 Å². The van der Waals surface area contributed by atoms with Crippen molar-refractivity contribution < 1.29 is 19.0 Å². The Morgan fingerprint density at radius 1 is 1.09 bits per heavy atom. The molecule has 2 aromatic heterocycles. The molecule has 5 aromatic rings. The minimum Gasteiger partial charge on any atom is -0.463 e. The zero-order valence-electron chi connectivity index (χ0n) is 24.3. The monoisotopic (exact) mass is 625 g/mol. The fourth-order valence-electron chi connectivity index (χ4n) is 5.96. The molecule has 7 rings (SSSR count). The lowest BCUT2D eigenvalue weighted by molar-refractivity contribution is -0.139. The molecule has 0 fully saturated rings. The van der Waals surface area contributed by atoms with Crippen molar-refractivity contribution in [2.75, 3.05) is 13.4 Å². The topological polar surface area (TPSA) is 84.1 Å². The van der Waals surface area contributed by atoms with Crippen LogP contribution in [0.3, 0.4) is 0 Å². The molecule has 0 spiro atoms. The number of nitrogens with zero attached hydrogens (tertiary/aromatic N) is 3. The highest BCUT2D eigenvalue weighted by Crippen LogP contribution is 2.38. The highest BCUT2D eigenvalue weighted by molar-refractivity contribution is 7.07. The first-order valence-electron chi connectivity index (χ1n) is 14.3. The highest BCUT2D eigenvalue weighted by Gasteiger charge is 2.34. The van der Waals surface area contributed by atoms with Crippen LogP contribution in [0.2, 0.25) is 5.02 Å². The molecule has 8 nitrogen and oxygen atoms in total. The van der Waals surface area contributed by atoms with Crippen LogP contribution in [0.5, 0.6) is 11.5 Å². The number of thiazole rings is 1. The van der Waals surface area contributed by atoms with E-state index in [1.165, 1.54) is 11.3 Å². The molecule has 0 unspecified atom stereocenters. The van der Waals surface area contributed by atoms with Crippen LogP contribution in [0, 0.1) is 6.92 Å². The molecule has 0 saturated heterocycles. The number of esters is 1. The molecule has 0 N–H and O–H groups in total. The molecule has 44 heavy (non-hydrogen) atoms. The second-order valence-corrected chi connectivity index (χ2v) is 12.0. The lowest BCUT2D eigenvalue weighted by Gasteiger charge is -2.24. The van der Waals surface area contributed by atoms with Crippen LogP contribution in [-0.4, -0.2) is 28.5 Å². The van der Waals surface area contributed by atoms with Gasteiger partial charge in [0.15, 0.2) is 16.3 Å². The Balaban J connectivity index is 1.42. The van der Waals surface area contributed by atoms with Gasteiger partial charge < -0.3 is 18.8 Å². The molecule has 0 aliphatic carbocycles. The molecule has 0 saturated carbocycles. The summed E-state index contributed by atoms with van der Waals surface area (Å²) in [5.74, 6) is 0.664. The first-order valence-corrected chi connectivity index (χ1v) is 15.5. The van der Waals surface area contributed by atoms with Gasteiger partial charge in [0.2, 0.25) is 6.79 Å². The van der Waals surface area contributed by atoms with Gasteiger partial charge in [0.05, 0.1) is 28.5 Å². The molecule has 2 aliphatic heterocycles. The van der Waals surface area contributed by atoms with E-state index in [4.69, 9.17) is 30.8 Å². The minimum absolute atomic E-state index is 0.116. The molecular weight excluding hydrogens is 598 g/mol. The van der Waals surface area contributed by atoms with E-state index in [0.29, 0.717) is 49.2 Å². The van der Waals surface area contributed by atoms with Crippen LogP contribution in [-0.2, 0) is 16.1 Å². The average molecular weight is 626 g/mol. The maximum Gasteiger partial charge on any atom is 0.338 e. The van der Waals surface area contributed by atoms with Crippen LogP contribution in [0.1, 0.15) is 42.3 Å². The van der Waals surface area contributed by atoms with E-state index < -0.39 is 12.0 Å². The van der Waals surface area contributed by atoms with Crippen LogP contribution >= 0.6 is 22.9 Å². The second kappa shape index (κ2) is 11.2. The second-order valence-electron chi connectivity index (χ2n) is 10.6. The highest BCUT2D eigenvalue weighted by atomic mass is 35.5. The fraction of sp³-hybridized carbons (Fsp3) is 0.206. The maximum atomic E-state index is 14.3. The van der Waals surface area contributed by atoms with Crippen molar-refractivity contribution in [2.24, 2.45) is 4.99 Å². The van der Waals surface area contributed by atoms with E-state index in [2.05, 4.69) is 23.6 Å². The Hall–Kier alpha value is -4.60. The number of aromatic nitrogens is 2. The van der Waals surface area contributed by atoms with Crippen molar-refractivity contribution in [1.82, 2.24) is 9.13 Å². The van der Waals surface area contributed by atoms with E-state index in [-0.39, 0.29) is 19.0 Å². The van der Waals surface area contributed by atoms with Crippen molar-refractivity contribution in [3.63, 3.8) is 0 Å². The molecular formula is C34H28ClN3O5S. The summed E-state index contributed by atoms with van der Waals surface area (Å²) < 4.78 is 20.9. The third-order valence-electron chi connectivity index (χ3n) is 8.07. The number of fused-ring (bicyclic) bond motifs is 3. The largest absolute Gasteiger partial charge is 0.463 e. The summed E-state index contributed by atoms with van der Waals surface area (Å²) in [4.78, 5) is 32.8. The van der Waals surface area contributed by atoms with E-state index in [9.17, 15) is 9.59 Å². The summed E-state index contributed by atoms with van der Waals surface area (Å²) in [6, 6.07) is 20.7. The van der Waals surface area contributed by atoms with Gasteiger partial charge in [-0.3, -0.25) is 9.36 Å². The molecule has 10 heteroatoms. The number of ether oxygens (including phenoxy) is 3. The number of allylic oxidation sites excluding steroid dienone is 1. The number of rotatable bonds is 6. The predicted molar refractivity (Wildman–Crippen MR) is 170 cm³/mol. The third kappa shape index (κ3) is 4.63. The van der Waals surface area contributed by atoms with Gasteiger partial charge in [-0.1, -0.05) is 65.4 Å². The van der Waals surface area contributed by atoms with Gasteiger partial charge in [0.25, 0.3) is 5.56 Å². The van der Waals surface area contributed by atoms with Gasteiger partial charge >= 0.3 is 5.97 Å². The zero-order chi connectivity index (χ0) is 30.5. The summed E-state index contributed by atoms with van der Waals surface area (Å²) >= 11 is 7.83. The van der Waals surface area contributed by atoms with E-state index in [0.717, 1.165) is 27.7 Å². The number of carbonyl (C=O) groups is 1. The molecule has 222 valence electrons. The number of halogens is 1. The van der Waals surface area contributed by atoms with Crippen molar-refractivity contribution in [1.29, 1.82) is 0 Å². The summed E-state index contributed by atoms with van der Waals surface area (Å²) in [5, 5.41) is 1.73. The third-order valence-corrected chi connectivity index (χ3v) is 9.42. The average Bonchev–Trinajstić information content (AvgIpc) is 3.68. The van der Waals surface area contributed by atoms with Gasteiger partial charge in [-0.25, -0.2) is 9.79 Å². The normalized spacial score (nSPS) is 15.9. The smallest absolute Gasteiger partial charge is 0.338 e. The molecule has 0 radical (unpaired) electrons. The minimum atomic E-state index is -0.746. The maximum absolute atomic E-state index is 14.3. The van der Waals surface area contributed by atoms with Crippen LogP contribution in [0.15, 0.2) is 87.8 Å². The van der Waals surface area contributed by atoms with Crippen LogP contribution in [0.4, 0.5) is 0 Å². The molecule has 0 amide bonds. The Bertz CT molecular complexity index is 2190. The Morgan fingerprint density at radius 2 is 1.86 bits per heavy atom. The SMILES string of the molecule is CCOC(=O)C1=C(C)N=c2s/c(=C\c3c(C)n(Cc4ccccc4Cl)c4ccccc34)c(=O)n2[C@@H]1c1ccc2c(c1)OCO2. The van der Waals surface area contributed by atoms with Gasteiger partial charge in [0.1, 0.15) is 0 Å². The first kappa shape index (κ1) is 28.2. The standard InChI is InChI=1S/C34H28ClN3O5S/c1-4-41-33(40)30-19(2)36-34-38(31(30)21-13-14-27-28(15-21)43-18-42-27)32(39)29(44-34)16-24-20(3)37(26-12-8-6-10-23(24)26)17-22-9-5-7-11-25(22)35/h5-16,31H,4,17-18H2,1-3H3/b29-16-/t31-/m1/s1. The van der Waals surface area contributed by atoms with Gasteiger partial charge in [-0.05, 0) is 62.2 Å². The van der Waals surface area contributed by atoms with Gasteiger partial charge in [-0.2, -0.15) is 0 Å². The lowest BCUT2D eigenvalue weighted by atomic mass is 9.95. The summed E-state index contributed by atoms with van der Waals surface area (Å²) in [7, 11) is 0. The fourth-order valence-corrected chi connectivity index (χ4v) is 7.19. The van der Waals surface area contributed by atoms with E-state index in [1.807, 2.05) is 54.6 Å². The number of hydrogen-bond acceptors (Lipinski definition) is 7. The Kier molecular flexibility index (Phi) is 7.14. The lowest BCUT2D eigenvalue weighted by Crippen LogP contribution is -2.39. The van der Waals surface area contributed by atoms with Crippen molar-refractivity contribution in [2.45, 2.75) is 33.4 Å². The molecule has 0 bridgehead atoms. The summed E-state index contributed by atoms with van der Waals surface area (Å²) in [5.41, 5.74) is 5.28. The number of benzene rings is 3. The van der Waals surface area contributed by atoms with Crippen molar-refractivity contribution in [3.8, 4) is 11.5 Å². The Morgan fingerprint density at radius 3 is 2.68 bits per heavy atom.